The van der Waals surface area contributed by atoms with Crippen molar-refractivity contribution in [1.29, 1.82) is 0 Å². The molecule has 0 spiro atoms. The molecule has 1 aromatic carbocycles. The summed E-state index contributed by atoms with van der Waals surface area (Å²) in [5.41, 5.74) is 1.03. The van der Waals surface area contributed by atoms with Crippen LogP contribution in [0.25, 0.3) is 0 Å². The maximum Gasteiger partial charge on any atom is 0.150 e. The second kappa shape index (κ2) is 4.88. The van der Waals surface area contributed by atoms with Crippen LogP contribution in [0.15, 0.2) is 24.3 Å². The lowest BCUT2D eigenvalue weighted by atomic mass is 10.1. The molecule has 84 valence electrons. The van der Waals surface area contributed by atoms with E-state index in [0.717, 1.165) is 30.1 Å². The van der Waals surface area contributed by atoms with Gasteiger partial charge in [0, 0.05) is 12.8 Å². The van der Waals surface area contributed by atoms with Crippen LogP contribution in [0.3, 0.4) is 0 Å². The second-order valence-electron chi connectivity index (χ2n) is 3.75. The van der Waals surface area contributed by atoms with Gasteiger partial charge in [-0.15, -0.1) is 0 Å². The summed E-state index contributed by atoms with van der Waals surface area (Å²) >= 11 is 0. The molecular weight excluding hydrogens is 205 g/mol. The highest BCUT2D eigenvalue weighted by molar-refractivity contribution is 5.19. The number of aromatic nitrogens is 3. The van der Waals surface area contributed by atoms with E-state index in [1.165, 1.54) is 12.1 Å². The molecule has 0 aliphatic rings. The van der Waals surface area contributed by atoms with Gasteiger partial charge in [-0.3, -0.25) is 5.10 Å². The Kier molecular flexibility index (Phi) is 3.29. The molecule has 0 saturated heterocycles. The summed E-state index contributed by atoms with van der Waals surface area (Å²) in [5.74, 6) is 1.46. The summed E-state index contributed by atoms with van der Waals surface area (Å²) in [4.78, 5) is 4.36. The van der Waals surface area contributed by atoms with Crippen LogP contribution in [0.4, 0.5) is 4.39 Å². The van der Waals surface area contributed by atoms with Crippen LogP contribution in [-0.2, 0) is 12.8 Å². The molecule has 0 radical (unpaired) electrons. The number of nitrogens with zero attached hydrogens (tertiary/aromatic N) is 2. The van der Waals surface area contributed by atoms with Crippen molar-refractivity contribution in [3.05, 3.63) is 47.3 Å². The highest BCUT2D eigenvalue weighted by Gasteiger charge is 2.03. The van der Waals surface area contributed by atoms with E-state index >= 15 is 0 Å². The number of halogens is 1. The molecule has 4 heteroatoms. The Morgan fingerprint density at radius 1 is 1.25 bits per heavy atom. The average Bonchev–Trinajstić information content (AvgIpc) is 2.70. The van der Waals surface area contributed by atoms with Gasteiger partial charge in [0.25, 0.3) is 0 Å². The number of hydrogen-bond acceptors (Lipinski definition) is 2. The summed E-state index contributed by atoms with van der Waals surface area (Å²) in [6.07, 6.45) is 2.59. The van der Waals surface area contributed by atoms with Crippen LogP contribution in [0, 0.1) is 5.82 Å². The zero-order chi connectivity index (χ0) is 11.4. The molecule has 2 aromatic rings. The Morgan fingerprint density at radius 2 is 2.00 bits per heavy atom. The van der Waals surface area contributed by atoms with E-state index in [9.17, 15) is 4.39 Å². The van der Waals surface area contributed by atoms with E-state index in [1.54, 1.807) is 12.1 Å². The van der Waals surface area contributed by atoms with Gasteiger partial charge in [-0.2, -0.15) is 5.10 Å². The lowest BCUT2D eigenvalue weighted by Crippen LogP contribution is -1.91. The smallest absolute Gasteiger partial charge is 0.150 e. The van der Waals surface area contributed by atoms with Crippen molar-refractivity contribution < 1.29 is 4.39 Å². The average molecular weight is 219 g/mol. The molecule has 0 unspecified atom stereocenters. The molecule has 0 bridgehead atoms. The van der Waals surface area contributed by atoms with Crippen molar-refractivity contribution in [2.24, 2.45) is 0 Å². The number of nitrogens with one attached hydrogen (secondary N) is 1. The first-order valence-corrected chi connectivity index (χ1v) is 5.42. The summed E-state index contributed by atoms with van der Waals surface area (Å²) < 4.78 is 12.7. The van der Waals surface area contributed by atoms with Crippen molar-refractivity contribution in [2.45, 2.75) is 26.2 Å². The fourth-order valence-electron chi connectivity index (χ4n) is 1.54. The molecule has 1 N–H and O–H groups in total. The predicted molar refractivity (Wildman–Crippen MR) is 59.6 cm³/mol. The fraction of sp³-hybridized carbons (Fsp3) is 0.333. The van der Waals surface area contributed by atoms with E-state index in [0.29, 0.717) is 6.42 Å². The first kappa shape index (κ1) is 10.8. The topological polar surface area (TPSA) is 41.6 Å². The molecule has 2 rings (SSSR count). The number of H-pyrrole nitrogens is 1. The fourth-order valence-corrected chi connectivity index (χ4v) is 1.54. The van der Waals surface area contributed by atoms with Crippen molar-refractivity contribution >= 4 is 0 Å². The van der Waals surface area contributed by atoms with Gasteiger partial charge in [-0.1, -0.05) is 19.1 Å². The summed E-state index contributed by atoms with van der Waals surface area (Å²) in [5, 5.41) is 7.01. The SMILES string of the molecule is CCCc1n[nH]c(Cc2ccc(F)cc2)n1. The van der Waals surface area contributed by atoms with Gasteiger partial charge in [-0.25, -0.2) is 9.37 Å². The van der Waals surface area contributed by atoms with Crippen molar-refractivity contribution in [3.63, 3.8) is 0 Å². The van der Waals surface area contributed by atoms with Crippen LogP contribution < -0.4 is 0 Å². The van der Waals surface area contributed by atoms with Gasteiger partial charge < -0.3 is 0 Å². The Balaban J connectivity index is 2.05. The highest BCUT2D eigenvalue weighted by atomic mass is 19.1. The van der Waals surface area contributed by atoms with Crippen molar-refractivity contribution in [1.82, 2.24) is 15.2 Å². The van der Waals surface area contributed by atoms with Crippen molar-refractivity contribution in [3.8, 4) is 0 Å². The van der Waals surface area contributed by atoms with E-state index < -0.39 is 0 Å². The van der Waals surface area contributed by atoms with Crippen molar-refractivity contribution in [2.75, 3.05) is 0 Å². The van der Waals surface area contributed by atoms with Gasteiger partial charge in [0.15, 0.2) is 5.82 Å². The van der Waals surface area contributed by atoms with Crippen LogP contribution in [0.5, 0.6) is 0 Å². The molecule has 0 aliphatic heterocycles. The molecule has 0 fully saturated rings. The monoisotopic (exact) mass is 219 g/mol. The minimum atomic E-state index is -0.215. The van der Waals surface area contributed by atoms with Crippen LogP contribution in [-0.4, -0.2) is 15.2 Å². The molecule has 1 heterocycles. The van der Waals surface area contributed by atoms with E-state index in [2.05, 4.69) is 22.1 Å². The minimum absolute atomic E-state index is 0.215. The minimum Gasteiger partial charge on any atom is -0.263 e. The zero-order valence-corrected chi connectivity index (χ0v) is 9.20. The molecule has 1 aromatic heterocycles. The third kappa shape index (κ3) is 2.66. The molecular formula is C12H14FN3. The van der Waals surface area contributed by atoms with Gasteiger partial charge in [0.1, 0.15) is 11.6 Å². The van der Waals surface area contributed by atoms with Gasteiger partial charge in [0.2, 0.25) is 0 Å². The number of hydrogen-bond donors (Lipinski definition) is 1. The standard InChI is InChI=1S/C12H14FN3/c1-2-3-11-14-12(16-15-11)8-9-4-6-10(13)7-5-9/h4-7H,2-3,8H2,1H3,(H,14,15,16). The van der Waals surface area contributed by atoms with Crippen LogP contribution in [0.1, 0.15) is 30.6 Å². The maximum atomic E-state index is 12.7. The molecule has 0 aliphatic carbocycles. The zero-order valence-electron chi connectivity index (χ0n) is 9.20. The Bertz CT molecular complexity index is 448. The third-order valence-electron chi connectivity index (χ3n) is 2.34. The summed E-state index contributed by atoms with van der Waals surface area (Å²) in [6, 6.07) is 6.44. The maximum absolute atomic E-state index is 12.7. The van der Waals surface area contributed by atoms with E-state index in [4.69, 9.17) is 0 Å². The molecule has 0 amide bonds. The predicted octanol–water partition coefficient (Wildman–Crippen LogP) is 2.49. The van der Waals surface area contributed by atoms with E-state index in [1.807, 2.05) is 0 Å². The first-order chi connectivity index (χ1) is 7.78. The number of benzene rings is 1. The Labute approximate surface area is 93.7 Å². The number of aromatic amines is 1. The summed E-state index contributed by atoms with van der Waals surface area (Å²) in [7, 11) is 0. The Morgan fingerprint density at radius 3 is 2.69 bits per heavy atom. The second-order valence-corrected chi connectivity index (χ2v) is 3.75. The number of aryl methyl sites for hydroxylation is 1. The normalized spacial score (nSPS) is 10.6. The summed E-state index contributed by atoms with van der Waals surface area (Å²) in [6.45, 7) is 2.09. The number of rotatable bonds is 4. The third-order valence-corrected chi connectivity index (χ3v) is 2.34. The lowest BCUT2D eigenvalue weighted by Gasteiger charge is -1.96. The highest BCUT2D eigenvalue weighted by Crippen LogP contribution is 2.07. The van der Waals surface area contributed by atoms with Gasteiger partial charge in [-0.05, 0) is 24.1 Å². The van der Waals surface area contributed by atoms with E-state index in [-0.39, 0.29) is 5.82 Å². The first-order valence-electron chi connectivity index (χ1n) is 5.42. The molecule has 16 heavy (non-hydrogen) atoms. The van der Waals surface area contributed by atoms with Crippen LogP contribution >= 0.6 is 0 Å². The quantitative estimate of drug-likeness (QED) is 0.858. The largest absolute Gasteiger partial charge is 0.263 e. The van der Waals surface area contributed by atoms with Gasteiger partial charge >= 0.3 is 0 Å². The Hall–Kier alpha value is -1.71. The lowest BCUT2D eigenvalue weighted by molar-refractivity contribution is 0.627. The molecule has 3 nitrogen and oxygen atoms in total. The van der Waals surface area contributed by atoms with Gasteiger partial charge in [0.05, 0.1) is 0 Å². The molecule has 0 atom stereocenters. The van der Waals surface area contributed by atoms with Crippen LogP contribution in [0.2, 0.25) is 0 Å². The molecule has 0 saturated carbocycles.